The van der Waals surface area contributed by atoms with Gasteiger partial charge in [0.05, 0.1) is 12.4 Å². The first-order valence-electron chi connectivity index (χ1n) is 6.61. The van der Waals surface area contributed by atoms with Crippen LogP contribution in [0.1, 0.15) is 31.3 Å². The lowest BCUT2D eigenvalue weighted by Crippen LogP contribution is -2.27. The normalized spacial score (nSPS) is 11.1. The van der Waals surface area contributed by atoms with E-state index in [1.807, 2.05) is 20.8 Å². The van der Waals surface area contributed by atoms with Gasteiger partial charge in [0.15, 0.2) is 0 Å². The minimum absolute atomic E-state index is 0.129. The second kappa shape index (κ2) is 6.50. The molecule has 0 aliphatic heterocycles. The number of halogens is 2. The number of rotatable bonds is 3. The smallest absolute Gasteiger partial charge is 0.275 e. The molecule has 1 heterocycles. The van der Waals surface area contributed by atoms with Crippen LogP contribution in [-0.4, -0.2) is 21.4 Å². The quantitative estimate of drug-likeness (QED) is 0.877. The fraction of sp³-hybridized carbons (Fsp3) is 0.267. The summed E-state index contributed by atoms with van der Waals surface area (Å²) >= 11 is 11.8. The van der Waals surface area contributed by atoms with E-state index in [0.717, 1.165) is 0 Å². The Balaban J connectivity index is 2.09. The molecule has 1 amide bonds. The highest BCUT2D eigenvalue weighted by molar-refractivity contribution is 6.35. The van der Waals surface area contributed by atoms with Crippen LogP contribution in [0.25, 0.3) is 0 Å². The molecule has 1 aromatic carbocycles. The summed E-state index contributed by atoms with van der Waals surface area (Å²) in [4.78, 5) is 20.4. The maximum absolute atomic E-state index is 12.1. The van der Waals surface area contributed by atoms with Gasteiger partial charge >= 0.3 is 0 Å². The fourth-order valence-electron chi connectivity index (χ4n) is 1.72. The van der Waals surface area contributed by atoms with Crippen molar-refractivity contribution in [1.29, 1.82) is 0 Å². The topological polar surface area (TPSA) is 66.9 Å². The van der Waals surface area contributed by atoms with Crippen LogP contribution in [0.15, 0.2) is 30.6 Å². The maximum atomic E-state index is 12.1. The lowest BCUT2D eigenvalue weighted by Gasteiger charge is -2.20. The lowest BCUT2D eigenvalue weighted by atomic mass is 10.1. The molecule has 2 rings (SSSR count). The molecule has 0 saturated heterocycles. The first-order valence-corrected chi connectivity index (χ1v) is 7.36. The molecule has 2 aromatic rings. The van der Waals surface area contributed by atoms with Crippen molar-refractivity contribution in [2.75, 3.05) is 10.6 Å². The standard InChI is InChI=1S/C15H16Cl2N4O/c1-15(2,3)21-13-8-18-12(7-19-13)14(22)20-11-5-9(16)4-10(17)6-11/h4-8H,1-3H3,(H,19,21)(H,20,22). The zero-order chi connectivity index (χ0) is 16.3. The Morgan fingerprint density at radius 2 is 1.68 bits per heavy atom. The minimum Gasteiger partial charge on any atom is -0.364 e. The van der Waals surface area contributed by atoms with Gasteiger partial charge in [0.25, 0.3) is 5.91 Å². The second-order valence-corrected chi connectivity index (χ2v) is 6.65. The summed E-state index contributed by atoms with van der Waals surface area (Å²) in [5.41, 5.74) is 0.576. The lowest BCUT2D eigenvalue weighted by molar-refractivity contribution is 0.102. The Morgan fingerprint density at radius 1 is 1.05 bits per heavy atom. The number of carbonyl (C=O) groups excluding carboxylic acids is 1. The van der Waals surface area contributed by atoms with Gasteiger partial charge in [0.2, 0.25) is 0 Å². The van der Waals surface area contributed by atoms with Crippen molar-refractivity contribution in [2.45, 2.75) is 26.3 Å². The Labute approximate surface area is 139 Å². The average molecular weight is 339 g/mol. The van der Waals surface area contributed by atoms with Crippen LogP contribution in [0, 0.1) is 0 Å². The largest absolute Gasteiger partial charge is 0.364 e. The Hall–Kier alpha value is -1.85. The van der Waals surface area contributed by atoms with Crippen LogP contribution in [0.4, 0.5) is 11.5 Å². The summed E-state index contributed by atoms with van der Waals surface area (Å²) in [6.45, 7) is 6.04. The zero-order valence-corrected chi connectivity index (χ0v) is 14.0. The first kappa shape index (κ1) is 16.5. The Morgan fingerprint density at radius 3 is 2.18 bits per heavy atom. The predicted molar refractivity (Wildman–Crippen MR) is 89.8 cm³/mol. The monoisotopic (exact) mass is 338 g/mol. The average Bonchev–Trinajstić information content (AvgIpc) is 2.36. The van der Waals surface area contributed by atoms with Crippen LogP contribution in [-0.2, 0) is 0 Å². The maximum Gasteiger partial charge on any atom is 0.275 e. The van der Waals surface area contributed by atoms with Crippen molar-refractivity contribution in [1.82, 2.24) is 9.97 Å². The predicted octanol–water partition coefficient (Wildman–Crippen LogP) is 4.25. The molecule has 7 heteroatoms. The molecule has 5 nitrogen and oxygen atoms in total. The molecule has 0 unspecified atom stereocenters. The van der Waals surface area contributed by atoms with E-state index >= 15 is 0 Å². The van der Waals surface area contributed by atoms with Gasteiger partial charge in [0, 0.05) is 21.3 Å². The van der Waals surface area contributed by atoms with Gasteiger partial charge in [-0.1, -0.05) is 23.2 Å². The SMILES string of the molecule is CC(C)(C)Nc1cnc(C(=O)Nc2cc(Cl)cc(Cl)c2)cn1. The van der Waals surface area contributed by atoms with Gasteiger partial charge in [-0.05, 0) is 39.0 Å². The van der Waals surface area contributed by atoms with Crippen LogP contribution in [0.3, 0.4) is 0 Å². The van der Waals surface area contributed by atoms with E-state index < -0.39 is 0 Å². The Bertz CT molecular complexity index is 661. The molecule has 2 N–H and O–H groups in total. The number of hydrogen-bond donors (Lipinski definition) is 2. The van der Waals surface area contributed by atoms with Crippen LogP contribution in [0.2, 0.25) is 10.0 Å². The third-order valence-electron chi connectivity index (χ3n) is 2.51. The summed E-state index contributed by atoms with van der Waals surface area (Å²) < 4.78 is 0. The molecule has 0 aliphatic carbocycles. The third-order valence-corrected chi connectivity index (χ3v) is 2.94. The molecule has 0 atom stereocenters. The summed E-state index contributed by atoms with van der Waals surface area (Å²) in [5, 5.41) is 6.73. The van der Waals surface area contributed by atoms with E-state index in [1.165, 1.54) is 12.4 Å². The second-order valence-electron chi connectivity index (χ2n) is 5.77. The molecular weight excluding hydrogens is 323 g/mol. The molecular formula is C15H16Cl2N4O. The summed E-state index contributed by atoms with van der Waals surface area (Å²) in [6.07, 6.45) is 2.93. The molecule has 0 aliphatic rings. The van der Waals surface area contributed by atoms with Gasteiger partial charge in [-0.3, -0.25) is 4.79 Å². The van der Waals surface area contributed by atoms with Gasteiger partial charge in [0.1, 0.15) is 11.5 Å². The summed E-state index contributed by atoms with van der Waals surface area (Å²) in [7, 11) is 0. The van der Waals surface area contributed by atoms with Crippen LogP contribution in [0.5, 0.6) is 0 Å². The van der Waals surface area contributed by atoms with Crippen molar-refractivity contribution in [3.8, 4) is 0 Å². The van der Waals surface area contributed by atoms with Crippen molar-refractivity contribution in [3.63, 3.8) is 0 Å². The number of carbonyl (C=O) groups is 1. The molecule has 0 spiro atoms. The highest BCUT2D eigenvalue weighted by Gasteiger charge is 2.13. The molecule has 116 valence electrons. The van der Waals surface area contributed by atoms with E-state index in [2.05, 4.69) is 20.6 Å². The third kappa shape index (κ3) is 4.86. The van der Waals surface area contributed by atoms with Crippen molar-refractivity contribution in [3.05, 3.63) is 46.3 Å². The van der Waals surface area contributed by atoms with Crippen molar-refractivity contribution < 1.29 is 4.79 Å². The molecule has 0 bridgehead atoms. The number of nitrogens with zero attached hydrogens (tertiary/aromatic N) is 2. The minimum atomic E-state index is -0.381. The molecule has 0 fully saturated rings. The summed E-state index contributed by atoms with van der Waals surface area (Å²) in [5.74, 6) is 0.225. The molecule has 0 saturated carbocycles. The van der Waals surface area contributed by atoms with E-state index in [1.54, 1.807) is 18.2 Å². The highest BCUT2D eigenvalue weighted by Crippen LogP contribution is 2.22. The van der Waals surface area contributed by atoms with Gasteiger partial charge in [-0.15, -0.1) is 0 Å². The number of amides is 1. The first-order chi connectivity index (χ1) is 10.2. The molecule has 22 heavy (non-hydrogen) atoms. The van der Waals surface area contributed by atoms with Crippen LogP contribution >= 0.6 is 23.2 Å². The number of hydrogen-bond acceptors (Lipinski definition) is 4. The van der Waals surface area contributed by atoms with Gasteiger partial charge in [-0.25, -0.2) is 9.97 Å². The number of nitrogens with one attached hydrogen (secondary N) is 2. The van der Waals surface area contributed by atoms with Gasteiger partial charge in [-0.2, -0.15) is 0 Å². The van der Waals surface area contributed by atoms with E-state index in [9.17, 15) is 4.79 Å². The van der Waals surface area contributed by atoms with Gasteiger partial charge < -0.3 is 10.6 Å². The fourth-order valence-corrected chi connectivity index (χ4v) is 2.24. The van der Waals surface area contributed by atoms with Crippen molar-refractivity contribution >= 4 is 40.6 Å². The van der Waals surface area contributed by atoms with E-state index in [-0.39, 0.29) is 17.1 Å². The Kier molecular flexibility index (Phi) is 4.88. The molecule has 1 aromatic heterocycles. The van der Waals surface area contributed by atoms with Crippen LogP contribution < -0.4 is 10.6 Å². The highest BCUT2D eigenvalue weighted by atomic mass is 35.5. The zero-order valence-electron chi connectivity index (χ0n) is 12.4. The molecule has 0 radical (unpaired) electrons. The van der Waals surface area contributed by atoms with E-state index in [4.69, 9.17) is 23.2 Å². The number of benzene rings is 1. The summed E-state index contributed by atoms with van der Waals surface area (Å²) in [6, 6.07) is 4.80. The number of anilines is 2. The van der Waals surface area contributed by atoms with E-state index in [0.29, 0.717) is 21.6 Å². The number of aromatic nitrogens is 2. The van der Waals surface area contributed by atoms with Crippen molar-refractivity contribution in [2.24, 2.45) is 0 Å².